The van der Waals surface area contributed by atoms with E-state index in [2.05, 4.69) is 20.5 Å². The van der Waals surface area contributed by atoms with Gasteiger partial charge in [-0.2, -0.15) is 0 Å². The van der Waals surface area contributed by atoms with Gasteiger partial charge in [0.15, 0.2) is 0 Å². The van der Waals surface area contributed by atoms with Gasteiger partial charge < -0.3 is 9.83 Å². The first kappa shape index (κ1) is 12.1. The topological polar surface area (TPSA) is 50.7 Å². The van der Waals surface area contributed by atoms with Gasteiger partial charge in [0.25, 0.3) is 0 Å². The molecule has 0 aromatic heterocycles. The predicted molar refractivity (Wildman–Crippen MR) is 60.9 cm³/mol. The van der Waals surface area contributed by atoms with Gasteiger partial charge in [-0.25, -0.2) is 4.89 Å². The van der Waals surface area contributed by atoms with Crippen molar-refractivity contribution < 1.29 is 14.3 Å². The van der Waals surface area contributed by atoms with Gasteiger partial charge in [-0.05, 0) is 17.7 Å². The van der Waals surface area contributed by atoms with Crippen LogP contribution < -0.4 is 4.72 Å². The molecule has 2 N–H and O–H groups in total. The normalized spacial score (nSPS) is 12.1. The Kier molecular flexibility index (Phi) is 5.20. The van der Waals surface area contributed by atoms with Crippen molar-refractivity contribution in [2.45, 2.75) is 6.10 Å². The van der Waals surface area contributed by atoms with Gasteiger partial charge in [0.2, 0.25) is 0 Å². The van der Waals surface area contributed by atoms with E-state index in [1.54, 1.807) is 0 Å². The molecule has 5 heteroatoms. The van der Waals surface area contributed by atoms with Crippen molar-refractivity contribution in [1.82, 2.24) is 0 Å². The summed E-state index contributed by atoms with van der Waals surface area (Å²) in [6.45, 7) is 3.51. The van der Waals surface area contributed by atoms with Crippen LogP contribution in [0.15, 0.2) is 36.9 Å². The summed E-state index contributed by atoms with van der Waals surface area (Å²) in [6, 6.07) is 7.27. The fourth-order valence-electron chi connectivity index (χ4n) is 0.984. The van der Waals surface area contributed by atoms with Crippen molar-refractivity contribution in [3.8, 4) is 0 Å². The lowest BCUT2D eigenvalue weighted by Crippen LogP contribution is -1.93. The van der Waals surface area contributed by atoms with Crippen LogP contribution in [0.3, 0.4) is 0 Å². The SMILES string of the molecule is C=CC(O)c1ccc(NSOOC)cc1. The summed E-state index contributed by atoms with van der Waals surface area (Å²) in [5.74, 6) is 0. The third-order valence-corrected chi connectivity index (χ3v) is 2.26. The Labute approximate surface area is 93.2 Å². The molecule has 0 saturated heterocycles. The number of aliphatic hydroxyl groups is 1. The quantitative estimate of drug-likeness (QED) is 0.195. The Hall–Kier alpha value is -1.01. The summed E-state index contributed by atoms with van der Waals surface area (Å²) >= 11 is 0.971. The Morgan fingerprint density at radius 1 is 1.47 bits per heavy atom. The van der Waals surface area contributed by atoms with Crippen LogP contribution in [0.5, 0.6) is 0 Å². The van der Waals surface area contributed by atoms with Crippen LogP contribution in [-0.2, 0) is 9.22 Å². The molecular weight excluding hydrogens is 214 g/mol. The highest BCUT2D eigenvalue weighted by Crippen LogP contribution is 2.18. The van der Waals surface area contributed by atoms with Gasteiger partial charge in [-0.3, -0.25) is 0 Å². The molecule has 1 unspecified atom stereocenters. The molecule has 0 heterocycles. The minimum Gasteiger partial charge on any atom is -0.384 e. The summed E-state index contributed by atoms with van der Waals surface area (Å²) in [5, 5.41) is 9.45. The molecule has 0 spiro atoms. The Balaban J connectivity index is 2.52. The molecule has 0 saturated carbocycles. The zero-order valence-corrected chi connectivity index (χ0v) is 9.16. The van der Waals surface area contributed by atoms with Crippen molar-refractivity contribution in [1.29, 1.82) is 0 Å². The summed E-state index contributed by atoms with van der Waals surface area (Å²) in [6.07, 6.45) is 0.854. The number of nitrogens with one attached hydrogen (secondary N) is 1. The maximum absolute atomic E-state index is 9.45. The summed E-state index contributed by atoms with van der Waals surface area (Å²) in [5.41, 5.74) is 1.66. The molecule has 4 nitrogen and oxygen atoms in total. The van der Waals surface area contributed by atoms with Crippen molar-refractivity contribution in [2.24, 2.45) is 0 Å². The first-order valence-electron chi connectivity index (χ1n) is 4.31. The number of hydrogen-bond acceptors (Lipinski definition) is 5. The number of anilines is 1. The molecular formula is C10H13NO3S. The van der Waals surface area contributed by atoms with Crippen LogP contribution in [0.4, 0.5) is 5.69 Å². The number of benzene rings is 1. The van der Waals surface area contributed by atoms with Gasteiger partial charge >= 0.3 is 0 Å². The predicted octanol–water partition coefficient (Wildman–Crippen LogP) is 2.46. The number of aliphatic hydroxyl groups excluding tert-OH is 1. The van der Waals surface area contributed by atoms with E-state index in [1.165, 1.54) is 13.2 Å². The van der Waals surface area contributed by atoms with E-state index >= 15 is 0 Å². The molecule has 15 heavy (non-hydrogen) atoms. The van der Waals surface area contributed by atoms with Gasteiger partial charge in [-0.1, -0.05) is 18.2 Å². The van der Waals surface area contributed by atoms with Crippen LogP contribution in [0.1, 0.15) is 11.7 Å². The van der Waals surface area contributed by atoms with Gasteiger partial charge in [0, 0.05) is 5.69 Å². The van der Waals surface area contributed by atoms with Crippen LogP contribution in [0, 0.1) is 0 Å². The highest BCUT2D eigenvalue weighted by molar-refractivity contribution is 7.95. The highest BCUT2D eigenvalue weighted by atomic mass is 32.2. The summed E-state index contributed by atoms with van der Waals surface area (Å²) in [4.78, 5) is 4.39. The van der Waals surface area contributed by atoms with E-state index in [9.17, 15) is 5.11 Å². The molecule has 1 aromatic rings. The first-order chi connectivity index (χ1) is 7.27. The maximum atomic E-state index is 9.45. The number of rotatable bonds is 6. The zero-order chi connectivity index (χ0) is 11.1. The molecule has 1 atom stereocenters. The van der Waals surface area contributed by atoms with E-state index in [4.69, 9.17) is 0 Å². The van der Waals surface area contributed by atoms with Crippen LogP contribution >= 0.6 is 12.2 Å². The minimum absolute atomic E-state index is 0.623. The molecule has 1 aromatic carbocycles. The standard InChI is InChI=1S/C10H13NO3S/c1-3-10(12)8-4-6-9(7-5-8)11-15-14-13-2/h3-7,10-12H,1H2,2H3. The summed E-state index contributed by atoms with van der Waals surface area (Å²) in [7, 11) is 1.43. The second-order valence-corrected chi connectivity index (χ2v) is 3.23. The number of hydrogen-bond donors (Lipinski definition) is 2. The van der Waals surface area contributed by atoms with E-state index in [-0.39, 0.29) is 0 Å². The maximum Gasteiger partial charge on any atom is 0.148 e. The lowest BCUT2D eigenvalue weighted by atomic mass is 10.1. The minimum atomic E-state index is -0.623. The second-order valence-electron chi connectivity index (χ2n) is 2.72. The third kappa shape index (κ3) is 3.93. The first-order valence-corrected chi connectivity index (χ1v) is 5.05. The van der Waals surface area contributed by atoms with E-state index in [0.717, 1.165) is 23.5 Å². The molecule has 0 fully saturated rings. The Morgan fingerprint density at radius 3 is 2.67 bits per heavy atom. The molecule has 0 aliphatic heterocycles. The van der Waals surface area contributed by atoms with Crippen LogP contribution in [0.2, 0.25) is 0 Å². The fourth-order valence-corrected chi connectivity index (χ4v) is 1.32. The average Bonchev–Trinajstić information content (AvgIpc) is 2.29. The molecule has 82 valence electrons. The monoisotopic (exact) mass is 227 g/mol. The second kappa shape index (κ2) is 6.47. The Bertz CT molecular complexity index is 302. The van der Waals surface area contributed by atoms with Crippen molar-refractivity contribution in [2.75, 3.05) is 11.8 Å². The zero-order valence-electron chi connectivity index (χ0n) is 8.34. The molecule has 0 amide bonds. The molecule has 1 rings (SSSR count). The van der Waals surface area contributed by atoms with Crippen LogP contribution in [0.25, 0.3) is 0 Å². The van der Waals surface area contributed by atoms with Crippen molar-refractivity contribution >= 4 is 17.9 Å². The van der Waals surface area contributed by atoms with E-state index in [1.807, 2.05) is 24.3 Å². The lowest BCUT2D eigenvalue weighted by Gasteiger charge is -2.07. The van der Waals surface area contributed by atoms with E-state index in [0.29, 0.717) is 0 Å². The summed E-state index contributed by atoms with van der Waals surface area (Å²) < 4.78 is 7.47. The lowest BCUT2D eigenvalue weighted by molar-refractivity contribution is -0.159. The van der Waals surface area contributed by atoms with Crippen LogP contribution in [-0.4, -0.2) is 12.2 Å². The molecule has 0 bridgehead atoms. The van der Waals surface area contributed by atoms with Crippen molar-refractivity contribution in [3.05, 3.63) is 42.5 Å². The highest BCUT2D eigenvalue weighted by Gasteiger charge is 2.01. The molecule has 0 aliphatic rings. The van der Waals surface area contributed by atoms with Crippen molar-refractivity contribution in [3.63, 3.8) is 0 Å². The average molecular weight is 227 g/mol. The van der Waals surface area contributed by atoms with Gasteiger partial charge in [0.05, 0.1) is 13.2 Å². The smallest absolute Gasteiger partial charge is 0.148 e. The Morgan fingerprint density at radius 2 is 2.13 bits per heavy atom. The van der Waals surface area contributed by atoms with Gasteiger partial charge in [0.1, 0.15) is 12.2 Å². The third-order valence-electron chi connectivity index (χ3n) is 1.74. The van der Waals surface area contributed by atoms with Gasteiger partial charge in [-0.15, -0.1) is 10.9 Å². The largest absolute Gasteiger partial charge is 0.384 e. The molecule has 0 aliphatic carbocycles. The van der Waals surface area contributed by atoms with E-state index < -0.39 is 6.10 Å². The fraction of sp³-hybridized carbons (Fsp3) is 0.200. The molecule has 0 radical (unpaired) electrons.